The van der Waals surface area contributed by atoms with Crippen molar-refractivity contribution in [3.8, 4) is 5.75 Å². The van der Waals surface area contributed by atoms with Crippen LogP contribution in [0.15, 0.2) is 18.2 Å². The first-order valence-electron chi connectivity index (χ1n) is 6.97. The highest BCUT2D eigenvalue weighted by molar-refractivity contribution is 5.95. The number of hydrogen-bond donors (Lipinski definition) is 2. The van der Waals surface area contributed by atoms with E-state index in [4.69, 9.17) is 19.9 Å². The van der Waals surface area contributed by atoms with E-state index in [1.807, 2.05) is 0 Å². The molecule has 1 aromatic carbocycles. The van der Waals surface area contributed by atoms with Gasteiger partial charge in [0.1, 0.15) is 5.75 Å². The number of methoxy groups -OCH3 is 2. The molecule has 0 unspecified atom stereocenters. The first kappa shape index (κ1) is 17.3. The van der Waals surface area contributed by atoms with E-state index in [0.717, 1.165) is 12.8 Å². The van der Waals surface area contributed by atoms with E-state index in [-0.39, 0.29) is 5.91 Å². The second kappa shape index (κ2) is 10.0. The van der Waals surface area contributed by atoms with Crippen LogP contribution in [0.25, 0.3) is 0 Å². The average molecular weight is 296 g/mol. The lowest BCUT2D eigenvalue weighted by Gasteiger charge is -2.08. The van der Waals surface area contributed by atoms with Gasteiger partial charge in [-0.1, -0.05) is 0 Å². The molecule has 0 aliphatic rings. The second-order valence-corrected chi connectivity index (χ2v) is 4.52. The van der Waals surface area contributed by atoms with Gasteiger partial charge in [0.2, 0.25) is 0 Å². The van der Waals surface area contributed by atoms with Gasteiger partial charge in [-0.3, -0.25) is 4.79 Å². The predicted molar refractivity (Wildman–Crippen MR) is 81.7 cm³/mol. The number of hydrogen-bond acceptors (Lipinski definition) is 5. The highest BCUT2D eigenvalue weighted by atomic mass is 16.5. The second-order valence-electron chi connectivity index (χ2n) is 4.52. The van der Waals surface area contributed by atoms with Crippen molar-refractivity contribution in [3.63, 3.8) is 0 Å². The summed E-state index contributed by atoms with van der Waals surface area (Å²) < 4.78 is 15.3. The van der Waals surface area contributed by atoms with Gasteiger partial charge in [0, 0.05) is 25.8 Å². The molecule has 0 spiro atoms. The van der Waals surface area contributed by atoms with Crippen molar-refractivity contribution in [1.82, 2.24) is 5.32 Å². The van der Waals surface area contributed by atoms with Crippen LogP contribution in [-0.4, -0.2) is 46.5 Å². The Kier molecular flexibility index (Phi) is 8.23. The summed E-state index contributed by atoms with van der Waals surface area (Å²) in [6.07, 6.45) is 1.76. The summed E-state index contributed by atoms with van der Waals surface area (Å²) in [5, 5.41) is 2.86. The molecule has 0 bridgehead atoms. The van der Waals surface area contributed by atoms with Crippen LogP contribution in [0.4, 0.5) is 5.69 Å². The van der Waals surface area contributed by atoms with E-state index in [2.05, 4.69) is 5.32 Å². The Hall–Kier alpha value is -1.79. The van der Waals surface area contributed by atoms with Crippen molar-refractivity contribution < 1.29 is 19.0 Å². The first-order chi connectivity index (χ1) is 10.2. The minimum Gasteiger partial charge on any atom is -0.495 e. The number of amides is 1. The van der Waals surface area contributed by atoms with E-state index in [1.54, 1.807) is 25.3 Å². The minimum absolute atomic E-state index is 0.131. The highest BCUT2D eigenvalue weighted by Crippen LogP contribution is 2.21. The van der Waals surface area contributed by atoms with Gasteiger partial charge in [-0.05, 0) is 31.0 Å². The largest absolute Gasteiger partial charge is 0.495 e. The topological polar surface area (TPSA) is 82.8 Å². The van der Waals surface area contributed by atoms with Crippen molar-refractivity contribution in [2.75, 3.05) is 46.3 Å². The Balaban J connectivity index is 2.22. The molecule has 0 aliphatic carbocycles. The van der Waals surface area contributed by atoms with Crippen LogP contribution in [0.3, 0.4) is 0 Å². The molecule has 3 N–H and O–H groups in total. The van der Waals surface area contributed by atoms with Crippen molar-refractivity contribution in [1.29, 1.82) is 0 Å². The number of nitrogens with one attached hydrogen (secondary N) is 1. The number of ether oxygens (including phenoxy) is 3. The number of rotatable bonds is 10. The maximum Gasteiger partial charge on any atom is 0.251 e. The maximum absolute atomic E-state index is 11.9. The van der Waals surface area contributed by atoms with Gasteiger partial charge in [-0.25, -0.2) is 0 Å². The molecular weight excluding hydrogens is 272 g/mol. The molecule has 0 radical (unpaired) electrons. The van der Waals surface area contributed by atoms with Crippen molar-refractivity contribution in [2.45, 2.75) is 12.8 Å². The molecule has 0 saturated carbocycles. The number of anilines is 1. The van der Waals surface area contributed by atoms with Crippen LogP contribution in [0.2, 0.25) is 0 Å². The third kappa shape index (κ3) is 6.46. The fourth-order valence-electron chi connectivity index (χ4n) is 1.73. The summed E-state index contributed by atoms with van der Waals surface area (Å²) in [6.45, 7) is 2.50. The molecule has 1 aromatic rings. The summed E-state index contributed by atoms with van der Waals surface area (Å²) in [4.78, 5) is 11.9. The third-order valence-electron chi connectivity index (χ3n) is 2.93. The SMILES string of the molecule is COCCOCCCCNC(=O)c1ccc(N)c(OC)c1. The number of carbonyl (C=O) groups is 1. The van der Waals surface area contributed by atoms with Gasteiger partial charge in [0.05, 0.1) is 26.0 Å². The summed E-state index contributed by atoms with van der Waals surface area (Å²) in [5.74, 6) is 0.378. The van der Waals surface area contributed by atoms with Crippen LogP contribution in [-0.2, 0) is 9.47 Å². The molecule has 0 heterocycles. The summed E-state index contributed by atoms with van der Waals surface area (Å²) >= 11 is 0. The molecule has 118 valence electrons. The molecule has 21 heavy (non-hydrogen) atoms. The van der Waals surface area contributed by atoms with Crippen molar-refractivity contribution in [2.24, 2.45) is 0 Å². The Morgan fingerprint density at radius 1 is 1.19 bits per heavy atom. The van der Waals surface area contributed by atoms with Crippen LogP contribution in [0.5, 0.6) is 5.75 Å². The number of nitrogen functional groups attached to an aromatic ring is 1. The minimum atomic E-state index is -0.131. The van der Waals surface area contributed by atoms with Gasteiger partial charge in [-0.2, -0.15) is 0 Å². The Labute approximate surface area is 125 Å². The molecule has 1 rings (SSSR count). The van der Waals surface area contributed by atoms with E-state index < -0.39 is 0 Å². The van der Waals surface area contributed by atoms with Gasteiger partial charge >= 0.3 is 0 Å². The first-order valence-corrected chi connectivity index (χ1v) is 6.97. The normalized spacial score (nSPS) is 10.4. The standard InChI is InChI=1S/C15H24N2O4/c1-19-9-10-21-8-4-3-7-17-15(18)12-5-6-13(16)14(11-12)20-2/h5-6,11H,3-4,7-10,16H2,1-2H3,(H,17,18). The smallest absolute Gasteiger partial charge is 0.251 e. The molecule has 0 atom stereocenters. The number of nitrogens with two attached hydrogens (primary N) is 1. The van der Waals surface area contributed by atoms with Crippen LogP contribution >= 0.6 is 0 Å². The molecule has 1 amide bonds. The average Bonchev–Trinajstić information content (AvgIpc) is 2.50. The molecule has 6 nitrogen and oxygen atoms in total. The van der Waals surface area contributed by atoms with Gasteiger partial charge in [0.25, 0.3) is 5.91 Å². The molecule has 6 heteroatoms. The lowest BCUT2D eigenvalue weighted by molar-refractivity contribution is 0.0686. The Morgan fingerprint density at radius 2 is 2.00 bits per heavy atom. The van der Waals surface area contributed by atoms with Crippen molar-refractivity contribution in [3.05, 3.63) is 23.8 Å². The number of carbonyl (C=O) groups excluding carboxylic acids is 1. The zero-order chi connectivity index (χ0) is 15.5. The monoisotopic (exact) mass is 296 g/mol. The molecule has 0 saturated heterocycles. The zero-order valence-corrected chi connectivity index (χ0v) is 12.7. The molecule has 0 fully saturated rings. The third-order valence-corrected chi connectivity index (χ3v) is 2.93. The molecular formula is C15H24N2O4. The van der Waals surface area contributed by atoms with E-state index >= 15 is 0 Å². The van der Waals surface area contributed by atoms with E-state index in [1.165, 1.54) is 7.11 Å². The van der Waals surface area contributed by atoms with Gasteiger partial charge in [0.15, 0.2) is 0 Å². The Morgan fingerprint density at radius 3 is 2.71 bits per heavy atom. The summed E-state index contributed by atoms with van der Waals surface area (Å²) in [5.41, 5.74) is 6.77. The number of benzene rings is 1. The highest BCUT2D eigenvalue weighted by Gasteiger charge is 2.08. The predicted octanol–water partition coefficient (Wildman–Crippen LogP) is 1.45. The van der Waals surface area contributed by atoms with E-state index in [9.17, 15) is 4.79 Å². The van der Waals surface area contributed by atoms with Gasteiger partial charge in [-0.15, -0.1) is 0 Å². The van der Waals surface area contributed by atoms with Crippen LogP contribution < -0.4 is 15.8 Å². The van der Waals surface area contributed by atoms with Crippen LogP contribution in [0.1, 0.15) is 23.2 Å². The van der Waals surface area contributed by atoms with Gasteiger partial charge < -0.3 is 25.3 Å². The zero-order valence-electron chi connectivity index (χ0n) is 12.7. The molecule has 0 aliphatic heterocycles. The quantitative estimate of drug-likeness (QED) is 0.504. The van der Waals surface area contributed by atoms with E-state index in [0.29, 0.717) is 43.4 Å². The summed E-state index contributed by atoms with van der Waals surface area (Å²) in [7, 11) is 3.17. The fourth-order valence-corrected chi connectivity index (χ4v) is 1.73. The lowest BCUT2D eigenvalue weighted by atomic mass is 10.1. The molecule has 0 aromatic heterocycles. The number of unbranched alkanes of at least 4 members (excludes halogenated alkanes) is 1. The van der Waals surface area contributed by atoms with Crippen LogP contribution in [0, 0.1) is 0 Å². The maximum atomic E-state index is 11.9. The van der Waals surface area contributed by atoms with Crippen molar-refractivity contribution >= 4 is 11.6 Å². The Bertz CT molecular complexity index is 438. The lowest BCUT2D eigenvalue weighted by Crippen LogP contribution is -2.24. The summed E-state index contributed by atoms with van der Waals surface area (Å²) in [6, 6.07) is 4.98. The fraction of sp³-hybridized carbons (Fsp3) is 0.533.